The van der Waals surface area contributed by atoms with E-state index in [1.54, 1.807) is 18.2 Å². The highest BCUT2D eigenvalue weighted by Crippen LogP contribution is 2.45. The standard InChI is InChI=1S/C22H25ClN2O2S/c1-5-22(2,3)13-6-8-15-17(12-24)21(28-19(15)10-13)25-20(26)16-11-14(23)7-9-18(16)27-4/h7,9,11,13H,5-6,8,10H2,1-4H3,(H,25,26)/t13-/m1/s1. The number of hydrogen-bond donors (Lipinski definition) is 1. The fourth-order valence-electron chi connectivity index (χ4n) is 3.78. The van der Waals surface area contributed by atoms with E-state index in [2.05, 4.69) is 32.2 Å². The number of nitriles is 1. The third kappa shape index (κ3) is 3.90. The fourth-order valence-corrected chi connectivity index (χ4v) is 5.22. The molecule has 4 nitrogen and oxygen atoms in total. The van der Waals surface area contributed by atoms with Gasteiger partial charge in [-0.05, 0) is 54.4 Å². The molecule has 0 saturated heterocycles. The van der Waals surface area contributed by atoms with Crippen LogP contribution in [0.3, 0.4) is 0 Å². The minimum Gasteiger partial charge on any atom is -0.496 e. The third-order valence-electron chi connectivity index (χ3n) is 6.03. The van der Waals surface area contributed by atoms with Crippen LogP contribution in [-0.2, 0) is 12.8 Å². The number of halogens is 1. The molecule has 6 heteroatoms. The van der Waals surface area contributed by atoms with Crippen LogP contribution in [0.25, 0.3) is 0 Å². The highest BCUT2D eigenvalue weighted by Gasteiger charge is 2.34. The predicted molar refractivity (Wildman–Crippen MR) is 115 cm³/mol. The Morgan fingerprint density at radius 3 is 2.86 bits per heavy atom. The Labute approximate surface area is 175 Å². The Kier molecular flexibility index (Phi) is 6.02. The van der Waals surface area contributed by atoms with Gasteiger partial charge < -0.3 is 10.1 Å². The van der Waals surface area contributed by atoms with Gasteiger partial charge in [-0.1, -0.05) is 38.8 Å². The van der Waals surface area contributed by atoms with Crippen molar-refractivity contribution in [1.82, 2.24) is 0 Å². The van der Waals surface area contributed by atoms with Crippen molar-refractivity contribution in [3.05, 3.63) is 44.8 Å². The van der Waals surface area contributed by atoms with Crippen LogP contribution in [0.5, 0.6) is 5.75 Å². The number of nitrogens with zero attached hydrogens (tertiary/aromatic N) is 1. The number of carbonyl (C=O) groups excluding carboxylic acids is 1. The van der Waals surface area contributed by atoms with Gasteiger partial charge in [-0.15, -0.1) is 11.3 Å². The van der Waals surface area contributed by atoms with Crippen LogP contribution in [0, 0.1) is 22.7 Å². The maximum Gasteiger partial charge on any atom is 0.260 e. The van der Waals surface area contributed by atoms with Gasteiger partial charge in [0.05, 0.1) is 18.2 Å². The van der Waals surface area contributed by atoms with E-state index in [0.29, 0.717) is 32.8 Å². The van der Waals surface area contributed by atoms with Gasteiger partial charge >= 0.3 is 0 Å². The molecule has 2 aromatic rings. The molecule has 0 unspecified atom stereocenters. The molecule has 1 heterocycles. The number of anilines is 1. The number of fused-ring (bicyclic) bond motifs is 1. The summed E-state index contributed by atoms with van der Waals surface area (Å²) in [4.78, 5) is 14.1. The SMILES string of the molecule is CCC(C)(C)[C@@H]1CCc2c(sc(NC(=O)c3cc(Cl)ccc3OC)c2C#N)C1. The Hall–Kier alpha value is -2.03. The molecule has 1 aromatic carbocycles. The first-order valence-electron chi connectivity index (χ1n) is 9.50. The molecule has 28 heavy (non-hydrogen) atoms. The number of hydrogen-bond acceptors (Lipinski definition) is 4. The van der Waals surface area contributed by atoms with Gasteiger partial charge in [-0.3, -0.25) is 4.79 Å². The smallest absolute Gasteiger partial charge is 0.260 e. The lowest BCUT2D eigenvalue weighted by Gasteiger charge is -2.36. The van der Waals surface area contributed by atoms with E-state index < -0.39 is 0 Å². The van der Waals surface area contributed by atoms with Crippen molar-refractivity contribution in [3.8, 4) is 11.8 Å². The van der Waals surface area contributed by atoms with Gasteiger partial charge in [-0.25, -0.2) is 0 Å². The van der Waals surface area contributed by atoms with Crippen molar-refractivity contribution in [2.45, 2.75) is 46.5 Å². The Balaban J connectivity index is 1.90. The van der Waals surface area contributed by atoms with Gasteiger partial charge in [0.2, 0.25) is 0 Å². The Morgan fingerprint density at radius 1 is 1.46 bits per heavy atom. The fraction of sp³-hybridized carbons (Fsp3) is 0.455. The van der Waals surface area contributed by atoms with E-state index in [1.165, 1.54) is 23.3 Å². The summed E-state index contributed by atoms with van der Waals surface area (Å²) in [5.41, 5.74) is 2.33. The molecular weight excluding hydrogens is 392 g/mol. The number of carbonyl (C=O) groups is 1. The highest BCUT2D eigenvalue weighted by molar-refractivity contribution is 7.16. The summed E-state index contributed by atoms with van der Waals surface area (Å²) in [6.45, 7) is 6.86. The molecule has 1 N–H and O–H groups in total. The van der Waals surface area contributed by atoms with Gasteiger partial charge in [0.15, 0.2) is 0 Å². The molecule has 0 spiro atoms. The molecule has 148 valence electrons. The van der Waals surface area contributed by atoms with E-state index in [0.717, 1.165) is 31.2 Å². The summed E-state index contributed by atoms with van der Waals surface area (Å²) in [5.74, 6) is 0.720. The average molecular weight is 417 g/mol. The molecular formula is C22H25ClN2O2S. The third-order valence-corrected chi connectivity index (χ3v) is 7.43. The predicted octanol–water partition coefficient (Wildman–Crippen LogP) is 6.08. The number of nitrogens with one attached hydrogen (secondary N) is 1. The topological polar surface area (TPSA) is 62.1 Å². The molecule has 0 saturated carbocycles. The maximum absolute atomic E-state index is 12.8. The number of benzene rings is 1. The van der Waals surface area contributed by atoms with Crippen LogP contribution in [0.15, 0.2) is 18.2 Å². The summed E-state index contributed by atoms with van der Waals surface area (Å²) >= 11 is 7.58. The molecule has 1 aromatic heterocycles. The van der Waals surface area contributed by atoms with Gasteiger partial charge in [0.25, 0.3) is 5.91 Å². The van der Waals surface area contributed by atoms with Crippen LogP contribution in [0.2, 0.25) is 5.02 Å². The number of ether oxygens (including phenoxy) is 1. The van der Waals surface area contributed by atoms with Crippen LogP contribution in [-0.4, -0.2) is 13.0 Å². The normalized spacial score (nSPS) is 16.2. The number of methoxy groups -OCH3 is 1. The largest absolute Gasteiger partial charge is 0.496 e. The van der Waals surface area contributed by atoms with E-state index in [1.807, 2.05) is 0 Å². The van der Waals surface area contributed by atoms with Crippen LogP contribution in [0.4, 0.5) is 5.00 Å². The maximum atomic E-state index is 12.8. The molecule has 0 radical (unpaired) electrons. The highest BCUT2D eigenvalue weighted by atomic mass is 35.5. The van der Waals surface area contributed by atoms with Crippen molar-refractivity contribution in [2.75, 3.05) is 12.4 Å². The summed E-state index contributed by atoms with van der Waals surface area (Å²) in [7, 11) is 1.51. The number of thiophene rings is 1. The first-order valence-corrected chi connectivity index (χ1v) is 10.7. The van der Waals surface area contributed by atoms with E-state index in [9.17, 15) is 10.1 Å². The Morgan fingerprint density at radius 2 is 2.21 bits per heavy atom. The molecule has 1 aliphatic carbocycles. The summed E-state index contributed by atoms with van der Waals surface area (Å²) in [5, 5.41) is 13.7. The lowest BCUT2D eigenvalue weighted by Crippen LogP contribution is -2.28. The minimum atomic E-state index is -0.320. The lowest BCUT2D eigenvalue weighted by molar-refractivity contribution is 0.102. The number of rotatable bonds is 5. The molecule has 0 fully saturated rings. The quantitative estimate of drug-likeness (QED) is 0.642. The zero-order valence-corrected chi connectivity index (χ0v) is 18.3. The van der Waals surface area contributed by atoms with Gasteiger partial charge in [0.1, 0.15) is 16.8 Å². The van der Waals surface area contributed by atoms with Crippen LogP contribution in [0.1, 0.15) is 60.0 Å². The van der Waals surface area contributed by atoms with E-state index >= 15 is 0 Å². The zero-order valence-electron chi connectivity index (χ0n) is 16.7. The van der Waals surface area contributed by atoms with Crippen molar-refractivity contribution >= 4 is 33.8 Å². The second-order valence-corrected chi connectivity index (χ2v) is 9.44. The zero-order chi connectivity index (χ0) is 20.5. The summed E-state index contributed by atoms with van der Waals surface area (Å²) in [6.07, 6.45) is 4.06. The molecule has 3 rings (SSSR count). The molecule has 1 aliphatic rings. The molecule has 1 amide bonds. The molecule has 0 bridgehead atoms. The van der Waals surface area contributed by atoms with Gasteiger partial charge in [-0.2, -0.15) is 5.26 Å². The van der Waals surface area contributed by atoms with E-state index in [-0.39, 0.29) is 11.3 Å². The van der Waals surface area contributed by atoms with Crippen molar-refractivity contribution < 1.29 is 9.53 Å². The first kappa shape index (κ1) is 20.7. The molecule has 1 atom stereocenters. The van der Waals surface area contributed by atoms with Crippen LogP contribution < -0.4 is 10.1 Å². The summed E-state index contributed by atoms with van der Waals surface area (Å²) in [6, 6.07) is 7.23. The average Bonchev–Trinajstić information content (AvgIpc) is 3.03. The monoisotopic (exact) mass is 416 g/mol. The Bertz CT molecular complexity index is 943. The second-order valence-electron chi connectivity index (χ2n) is 7.90. The molecule has 0 aliphatic heterocycles. The van der Waals surface area contributed by atoms with Crippen LogP contribution >= 0.6 is 22.9 Å². The van der Waals surface area contributed by atoms with Crippen molar-refractivity contribution in [3.63, 3.8) is 0 Å². The van der Waals surface area contributed by atoms with Crippen molar-refractivity contribution in [2.24, 2.45) is 11.3 Å². The summed E-state index contributed by atoms with van der Waals surface area (Å²) < 4.78 is 5.28. The van der Waals surface area contributed by atoms with E-state index in [4.69, 9.17) is 16.3 Å². The minimum absolute atomic E-state index is 0.270. The number of amides is 1. The van der Waals surface area contributed by atoms with Crippen molar-refractivity contribution in [1.29, 1.82) is 5.26 Å². The second kappa shape index (κ2) is 8.14. The van der Waals surface area contributed by atoms with Gasteiger partial charge in [0, 0.05) is 9.90 Å². The lowest BCUT2D eigenvalue weighted by atomic mass is 9.69. The first-order chi connectivity index (χ1) is 13.3.